The van der Waals surface area contributed by atoms with Gasteiger partial charge in [0, 0.05) is 25.0 Å². The highest BCUT2D eigenvalue weighted by atomic mass is 16.5. The van der Waals surface area contributed by atoms with Crippen LogP contribution >= 0.6 is 0 Å². The first kappa shape index (κ1) is 23.2. The van der Waals surface area contributed by atoms with Crippen LogP contribution in [0, 0.1) is 5.92 Å². The summed E-state index contributed by atoms with van der Waals surface area (Å²) in [6.45, 7) is 14.8. The molecule has 27 heavy (non-hydrogen) atoms. The number of benzene rings is 1. The molecule has 5 heteroatoms. The standard InChI is InChI=1S/C22H36N2O3/c1-7-18(4)27-22(14-23-5)20(8-2)13-24-17(3)15-26-16-19-9-11-21(25-6)12-10-19/h7,9-12,17,20,22-24H,1,4,8,13-16H2,2-3,5-6H3/t17-,20?,22-/m0/s1. The molecule has 2 N–H and O–H groups in total. The molecule has 1 aromatic carbocycles. The average Bonchev–Trinajstić information content (AvgIpc) is 2.68. The fraction of sp³-hybridized carbons (Fsp3) is 0.545. The average molecular weight is 377 g/mol. The van der Waals surface area contributed by atoms with Crippen LogP contribution in [0.2, 0.25) is 0 Å². The van der Waals surface area contributed by atoms with Gasteiger partial charge in [-0.25, -0.2) is 0 Å². The number of hydrogen-bond acceptors (Lipinski definition) is 5. The summed E-state index contributed by atoms with van der Waals surface area (Å²) in [6, 6.07) is 8.21. The highest BCUT2D eigenvalue weighted by Gasteiger charge is 2.21. The summed E-state index contributed by atoms with van der Waals surface area (Å²) in [5, 5.41) is 6.76. The Kier molecular flexibility index (Phi) is 11.5. The summed E-state index contributed by atoms with van der Waals surface area (Å²) < 4.78 is 16.9. The van der Waals surface area contributed by atoms with Crippen molar-refractivity contribution in [3.63, 3.8) is 0 Å². The Bertz CT molecular complexity index is 545. The molecular formula is C22H36N2O3. The highest BCUT2D eigenvalue weighted by molar-refractivity contribution is 5.26. The summed E-state index contributed by atoms with van der Waals surface area (Å²) >= 11 is 0. The second kappa shape index (κ2) is 13.4. The Morgan fingerprint density at radius 1 is 1.22 bits per heavy atom. The van der Waals surface area contributed by atoms with E-state index < -0.39 is 0 Å². The smallest absolute Gasteiger partial charge is 0.118 e. The summed E-state index contributed by atoms with van der Waals surface area (Å²) in [5.74, 6) is 1.85. The van der Waals surface area contributed by atoms with Crippen molar-refractivity contribution >= 4 is 0 Å². The Hall–Kier alpha value is -1.82. The van der Waals surface area contributed by atoms with Crippen molar-refractivity contribution in [1.82, 2.24) is 10.6 Å². The molecule has 3 atom stereocenters. The van der Waals surface area contributed by atoms with E-state index in [-0.39, 0.29) is 12.1 Å². The van der Waals surface area contributed by atoms with Gasteiger partial charge in [0.05, 0.1) is 20.3 Å². The van der Waals surface area contributed by atoms with E-state index >= 15 is 0 Å². The van der Waals surface area contributed by atoms with E-state index in [0.717, 1.165) is 30.8 Å². The second-order valence-electron chi connectivity index (χ2n) is 6.73. The van der Waals surface area contributed by atoms with Gasteiger partial charge in [-0.3, -0.25) is 0 Å². The fourth-order valence-corrected chi connectivity index (χ4v) is 2.77. The van der Waals surface area contributed by atoms with Gasteiger partial charge in [0.25, 0.3) is 0 Å². The molecule has 0 aliphatic heterocycles. The third-order valence-electron chi connectivity index (χ3n) is 4.51. The van der Waals surface area contributed by atoms with Crippen LogP contribution in [0.5, 0.6) is 5.75 Å². The van der Waals surface area contributed by atoms with Gasteiger partial charge in [-0.15, -0.1) is 0 Å². The first-order valence-electron chi connectivity index (χ1n) is 9.60. The predicted octanol–water partition coefficient (Wildman–Crippen LogP) is 3.52. The number of likely N-dealkylation sites (N-methyl/N-ethyl adjacent to an activating group) is 1. The molecule has 0 fully saturated rings. The van der Waals surface area contributed by atoms with Crippen molar-refractivity contribution in [1.29, 1.82) is 0 Å². The van der Waals surface area contributed by atoms with Gasteiger partial charge in [-0.2, -0.15) is 0 Å². The number of methoxy groups -OCH3 is 1. The Labute approximate surface area is 164 Å². The number of ether oxygens (including phenoxy) is 3. The minimum Gasteiger partial charge on any atom is -0.497 e. The SMILES string of the molecule is C=CC(=C)O[C@@H](CNC)C(CC)CN[C@@H](C)COCc1ccc(OC)cc1. The number of allylic oxidation sites excluding steroid dienone is 1. The zero-order valence-electron chi connectivity index (χ0n) is 17.3. The number of hydrogen-bond donors (Lipinski definition) is 2. The first-order valence-corrected chi connectivity index (χ1v) is 9.60. The van der Waals surface area contributed by atoms with Crippen LogP contribution in [0.1, 0.15) is 25.8 Å². The van der Waals surface area contributed by atoms with Crippen molar-refractivity contribution in [3.05, 3.63) is 54.8 Å². The van der Waals surface area contributed by atoms with E-state index in [2.05, 4.69) is 37.6 Å². The van der Waals surface area contributed by atoms with Crippen LogP contribution in [-0.2, 0) is 16.1 Å². The summed E-state index contributed by atoms with van der Waals surface area (Å²) in [5.41, 5.74) is 1.14. The van der Waals surface area contributed by atoms with Gasteiger partial charge in [-0.1, -0.05) is 32.2 Å². The normalized spacial score (nSPS) is 14.2. The van der Waals surface area contributed by atoms with E-state index in [9.17, 15) is 0 Å². The lowest BCUT2D eigenvalue weighted by Gasteiger charge is -2.28. The van der Waals surface area contributed by atoms with Gasteiger partial charge in [0.1, 0.15) is 17.6 Å². The van der Waals surface area contributed by atoms with E-state index in [1.54, 1.807) is 13.2 Å². The molecule has 0 saturated carbocycles. The Morgan fingerprint density at radius 2 is 1.93 bits per heavy atom. The minimum atomic E-state index is 0.0606. The third-order valence-corrected chi connectivity index (χ3v) is 4.51. The molecule has 152 valence electrons. The summed E-state index contributed by atoms with van der Waals surface area (Å²) in [6.07, 6.45) is 2.73. The van der Waals surface area contributed by atoms with E-state index in [4.69, 9.17) is 14.2 Å². The van der Waals surface area contributed by atoms with Crippen LogP contribution in [0.3, 0.4) is 0 Å². The quantitative estimate of drug-likeness (QED) is 0.362. The highest BCUT2D eigenvalue weighted by Crippen LogP contribution is 2.15. The van der Waals surface area contributed by atoms with Gasteiger partial charge < -0.3 is 24.8 Å². The Balaban J connectivity index is 2.38. The molecule has 1 aromatic rings. The number of nitrogens with one attached hydrogen (secondary N) is 2. The monoisotopic (exact) mass is 376 g/mol. The van der Waals surface area contributed by atoms with E-state index in [1.165, 1.54) is 0 Å². The molecule has 0 bridgehead atoms. The molecule has 0 aliphatic carbocycles. The first-order chi connectivity index (χ1) is 13.0. The lowest BCUT2D eigenvalue weighted by Crippen LogP contribution is -2.42. The van der Waals surface area contributed by atoms with Crippen LogP contribution < -0.4 is 15.4 Å². The second-order valence-corrected chi connectivity index (χ2v) is 6.73. The van der Waals surface area contributed by atoms with Gasteiger partial charge >= 0.3 is 0 Å². The largest absolute Gasteiger partial charge is 0.497 e. The maximum absolute atomic E-state index is 5.93. The van der Waals surface area contributed by atoms with E-state index in [1.807, 2.05) is 31.3 Å². The van der Waals surface area contributed by atoms with Crippen LogP contribution in [-0.4, -0.2) is 46.0 Å². The van der Waals surface area contributed by atoms with Crippen molar-refractivity contribution in [3.8, 4) is 5.75 Å². The van der Waals surface area contributed by atoms with Crippen LogP contribution in [0.25, 0.3) is 0 Å². The van der Waals surface area contributed by atoms with Gasteiger partial charge in [-0.05, 0) is 44.2 Å². The van der Waals surface area contributed by atoms with Crippen LogP contribution in [0.15, 0.2) is 49.3 Å². The molecule has 1 rings (SSSR count). The summed E-state index contributed by atoms with van der Waals surface area (Å²) in [7, 11) is 3.60. The van der Waals surface area contributed by atoms with Gasteiger partial charge in [0.2, 0.25) is 0 Å². The van der Waals surface area contributed by atoms with Crippen molar-refractivity contribution in [2.75, 3.05) is 33.9 Å². The molecule has 5 nitrogen and oxygen atoms in total. The topological polar surface area (TPSA) is 51.8 Å². The molecule has 0 amide bonds. The minimum absolute atomic E-state index is 0.0606. The molecule has 1 unspecified atom stereocenters. The lowest BCUT2D eigenvalue weighted by molar-refractivity contribution is 0.0631. The molecule has 0 spiro atoms. The van der Waals surface area contributed by atoms with Gasteiger partial charge in [0.15, 0.2) is 0 Å². The molecule has 0 heterocycles. The molecule has 0 aromatic heterocycles. The molecular weight excluding hydrogens is 340 g/mol. The zero-order valence-corrected chi connectivity index (χ0v) is 17.3. The van der Waals surface area contributed by atoms with E-state index in [0.29, 0.717) is 24.9 Å². The van der Waals surface area contributed by atoms with Crippen LogP contribution in [0.4, 0.5) is 0 Å². The zero-order chi connectivity index (χ0) is 20.1. The predicted molar refractivity (Wildman–Crippen MR) is 112 cm³/mol. The van der Waals surface area contributed by atoms with Crippen molar-refractivity contribution in [2.45, 2.75) is 39.0 Å². The molecule has 0 aliphatic rings. The van der Waals surface area contributed by atoms with Crippen molar-refractivity contribution < 1.29 is 14.2 Å². The maximum atomic E-state index is 5.93. The molecule has 0 radical (unpaired) electrons. The maximum Gasteiger partial charge on any atom is 0.118 e. The van der Waals surface area contributed by atoms with Crippen molar-refractivity contribution in [2.24, 2.45) is 5.92 Å². The lowest BCUT2D eigenvalue weighted by atomic mass is 9.98. The summed E-state index contributed by atoms with van der Waals surface area (Å²) in [4.78, 5) is 0. The fourth-order valence-electron chi connectivity index (χ4n) is 2.77. The third kappa shape index (κ3) is 9.09. The Morgan fingerprint density at radius 3 is 2.48 bits per heavy atom. The number of rotatable bonds is 15. The molecule has 0 saturated heterocycles.